The highest BCUT2D eigenvalue weighted by Crippen LogP contribution is 2.50. The summed E-state index contributed by atoms with van der Waals surface area (Å²) in [5, 5.41) is 0. The van der Waals surface area contributed by atoms with Crippen LogP contribution < -0.4 is 5.73 Å². The first-order chi connectivity index (χ1) is 10.4. The lowest BCUT2D eigenvalue weighted by Gasteiger charge is -2.57. The van der Waals surface area contributed by atoms with Gasteiger partial charge in [0.25, 0.3) is 0 Å². The van der Waals surface area contributed by atoms with Crippen molar-refractivity contribution in [2.24, 2.45) is 11.7 Å². The Bertz CT molecular complexity index is 489. The second-order valence-corrected chi connectivity index (χ2v) is 6.72. The topological polar surface area (TPSA) is 85.1 Å². The zero-order valence-electron chi connectivity index (χ0n) is 13.4. The van der Waals surface area contributed by atoms with Crippen LogP contribution in [0.2, 0.25) is 6.32 Å². The van der Waals surface area contributed by atoms with Crippen LogP contribution in [0.15, 0.2) is 0 Å². The molecule has 0 aromatic carbocycles. The van der Waals surface area contributed by atoms with Gasteiger partial charge in [0.15, 0.2) is 0 Å². The van der Waals surface area contributed by atoms with Crippen LogP contribution in [0.4, 0.5) is 0 Å². The van der Waals surface area contributed by atoms with Crippen LogP contribution >= 0.6 is 0 Å². The second-order valence-electron chi connectivity index (χ2n) is 6.72. The lowest BCUT2D eigenvalue weighted by atomic mass is 9.69. The lowest BCUT2D eigenvalue weighted by Crippen LogP contribution is -2.75. The van der Waals surface area contributed by atoms with Crippen molar-refractivity contribution in [2.45, 2.75) is 43.7 Å². The molecule has 7 nitrogen and oxygen atoms in total. The number of carbonyl (C=O) groups excluding carboxylic acids is 2. The fraction of sp³-hybridized carbons (Fsp3) is 0.857. The molecular formula is C14H24BN3O4. The Hall–Kier alpha value is -1.12. The summed E-state index contributed by atoms with van der Waals surface area (Å²) < 4.78 is 10.8. The summed E-state index contributed by atoms with van der Waals surface area (Å²) >= 11 is 0. The van der Waals surface area contributed by atoms with E-state index in [4.69, 9.17) is 15.0 Å². The molecule has 1 spiro atoms. The molecule has 0 aliphatic carbocycles. The summed E-state index contributed by atoms with van der Waals surface area (Å²) in [6.45, 7) is 2.63. The summed E-state index contributed by atoms with van der Waals surface area (Å²) in [4.78, 5) is 28.8. The average Bonchev–Trinajstić information content (AvgIpc) is 2.87. The van der Waals surface area contributed by atoms with Crippen LogP contribution in [0.1, 0.15) is 19.8 Å². The number of likely N-dealkylation sites (N-methyl/N-ethyl adjacent to an activating group) is 1. The number of fused-ring (bicyclic) bond motifs is 5. The Morgan fingerprint density at radius 1 is 1.59 bits per heavy atom. The zero-order chi connectivity index (χ0) is 16.1. The Balaban J connectivity index is 1.87. The van der Waals surface area contributed by atoms with Gasteiger partial charge in [0.1, 0.15) is 5.54 Å². The number of rotatable bonds is 2. The molecule has 0 radical (unpaired) electrons. The van der Waals surface area contributed by atoms with Gasteiger partial charge in [-0.05, 0) is 26.7 Å². The van der Waals surface area contributed by atoms with Gasteiger partial charge in [0.05, 0.1) is 12.6 Å². The Kier molecular flexibility index (Phi) is 3.95. The van der Waals surface area contributed by atoms with Crippen LogP contribution in [0.3, 0.4) is 0 Å². The third kappa shape index (κ3) is 2.08. The van der Waals surface area contributed by atoms with Crippen LogP contribution in [0.5, 0.6) is 0 Å². The van der Waals surface area contributed by atoms with Gasteiger partial charge in [-0.3, -0.25) is 14.5 Å². The molecule has 4 fully saturated rings. The van der Waals surface area contributed by atoms with Crippen molar-refractivity contribution in [1.82, 2.24) is 9.80 Å². The minimum atomic E-state index is -0.726. The predicted octanol–water partition coefficient (Wildman–Crippen LogP) is -0.684. The van der Waals surface area contributed by atoms with Crippen molar-refractivity contribution in [2.75, 3.05) is 27.2 Å². The summed E-state index contributed by atoms with van der Waals surface area (Å²) in [5.74, 6) is -0.248. The number of hydrogen-bond donors (Lipinski definition) is 1. The molecule has 4 heterocycles. The molecule has 2 N–H and O–H groups in total. The molecule has 1 amide bonds. The van der Waals surface area contributed by atoms with E-state index in [9.17, 15) is 9.59 Å². The molecule has 0 saturated carbocycles. The Labute approximate surface area is 131 Å². The van der Waals surface area contributed by atoms with Gasteiger partial charge in [0.2, 0.25) is 5.91 Å². The molecule has 0 aromatic heterocycles. The third-order valence-corrected chi connectivity index (χ3v) is 5.55. The van der Waals surface area contributed by atoms with Gasteiger partial charge in [-0.2, -0.15) is 0 Å². The maximum atomic E-state index is 12.8. The first kappa shape index (κ1) is 15.8. The largest absolute Gasteiger partial charge is 0.527 e. The minimum Gasteiger partial charge on any atom is -0.508 e. The number of nitrogens with two attached hydrogens (primary N) is 1. The molecule has 22 heavy (non-hydrogen) atoms. The zero-order valence-corrected chi connectivity index (χ0v) is 13.4. The fourth-order valence-corrected chi connectivity index (χ4v) is 4.31. The van der Waals surface area contributed by atoms with E-state index in [-0.39, 0.29) is 17.8 Å². The average molecular weight is 309 g/mol. The number of hydrogen-bond acceptors (Lipinski definition) is 6. The molecule has 4 rings (SSSR count). The van der Waals surface area contributed by atoms with E-state index in [1.807, 2.05) is 7.05 Å². The van der Waals surface area contributed by atoms with E-state index in [2.05, 4.69) is 4.90 Å². The van der Waals surface area contributed by atoms with Gasteiger partial charge in [-0.15, -0.1) is 0 Å². The summed E-state index contributed by atoms with van der Waals surface area (Å²) in [6.07, 6.45) is 2.64. The van der Waals surface area contributed by atoms with E-state index < -0.39 is 18.7 Å². The highest BCUT2D eigenvalue weighted by molar-refractivity contribution is 6.47. The maximum Gasteiger partial charge on any atom is 0.527 e. The van der Waals surface area contributed by atoms with Gasteiger partial charge >= 0.3 is 13.1 Å². The first-order valence-electron chi connectivity index (χ1n) is 7.93. The maximum absolute atomic E-state index is 12.8. The van der Waals surface area contributed by atoms with Crippen molar-refractivity contribution in [1.29, 1.82) is 0 Å². The number of amides is 1. The van der Waals surface area contributed by atoms with Gasteiger partial charge in [-0.25, -0.2) is 0 Å². The van der Waals surface area contributed by atoms with Crippen LogP contribution in [-0.4, -0.2) is 73.7 Å². The van der Waals surface area contributed by atoms with E-state index >= 15 is 0 Å². The normalized spacial score (nSPS) is 36.6. The molecule has 0 aromatic rings. The minimum absolute atomic E-state index is 0.103. The molecule has 0 unspecified atom stereocenters. The van der Waals surface area contributed by atoms with Gasteiger partial charge in [0, 0.05) is 25.6 Å². The molecule has 2 bridgehead atoms. The molecular weight excluding hydrogens is 285 g/mol. The molecule has 4 saturated heterocycles. The number of likely N-dealkylation sites (tertiary alicyclic amines) is 1. The third-order valence-electron chi connectivity index (χ3n) is 5.55. The monoisotopic (exact) mass is 309 g/mol. The highest BCUT2D eigenvalue weighted by Gasteiger charge is 2.69. The molecule has 8 heteroatoms. The summed E-state index contributed by atoms with van der Waals surface area (Å²) in [5.41, 5.74) is 4.99. The van der Waals surface area contributed by atoms with Crippen molar-refractivity contribution in [3.63, 3.8) is 0 Å². The number of nitrogens with zero attached hydrogens (tertiary/aromatic N) is 2. The van der Waals surface area contributed by atoms with Crippen LogP contribution in [-0.2, 0) is 18.9 Å². The van der Waals surface area contributed by atoms with Gasteiger partial charge in [-0.1, -0.05) is 6.42 Å². The highest BCUT2D eigenvalue weighted by atomic mass is 16.6. The van der Waals surface area contributed by atoms with E-state index in [0.717, 1.165) is 19.2 Å². The van der Waals surface area contributed by atoms with E-state index in [1.54, 1.807) is 18.9 Å². The van der Waals surface area contributed by atoms with Crippen molar-refractivity contribution in [3.8, 4) is 0 Å². The van der Waals surface area contributed by atoms with Crippen LogP contribution in [0.25, 0.3) is 0 Å². The molecule has 4 atom stereocenters. The Morgan fingerprint density at radius 2 is 2.32 bits per heavy atom. The SMILES string of the molecule is COB1CCC[C@H]2[C@H]3CN(C(=O)[C@H](C)N)C[C@]3(C(=O)O1)N2C. The summed E-state index contributed by atoms with van der Waals surface area (Å²) in [6, 6.07) is -0.233. The molecule has 4 aliphatic heterocycles. The quantitative estimate of drug-likeness (QED) is 0.680. The predicted molar refractivity (Wildman–Crippen MR) is 80.9 cm³/mol. The molecule has 4 aliphatic rings. The second kappa shape index (κ2) is 5.51. The van der Waals surface area contributed by atoms with Gasteiger partial charge < -0.3 is 19.9 Å². The smallest absolute Gasteiger partial charge is 0.508 e. The van der Waals surface area contributed by atoms with Crippen molar-refractivity contribution < 1.29 is 18.9 Å². The fourth-order valence-electron chi connectivity index (χ4n) is 4.31. The van der Waals surface area contributed by atoms with E-state index in [1.165, 1.54) is 0 Å². The lowest BCUT2D eigenvalue weighted by molar-refractivity contribution is -0.172. The van der Waals surface area contributed by atoms with Crippen molar-refractivity contribution in [3.05, 3.63) is 0 Å². The molecule has 122 valence electrons. The number of carbonyl (C=O) groups is 2. The standard InChI is InChI=1S/C14H24BN3O4/c1-9(16)12(19)18-7-10-11-5-4-6-15(21-3)22-13(20)14(10,8-18)17(11)2/h9-11H,4-8,16H2,1-3H3/t9-,10+,11-,14-/m0/s1. The van der Waals surface area contributed by atoms with Crippen molar-refractivity contribution >= 4 is 19.0 Å². The van der Waals surface area contributed by atoms with Crippen LogP contribution in [0, 0.1) is 5.92 Å². The summed E-state index contributed by atoms with van der Waals surface area (Å²) in [7, 11) is 3.02. The first-order valence-corrected chi connectivity index (χ1v) is 7.93. The Morgan fingerprint density at radius 3 is 2.95 bits per heavy atom. The van der Waals surface area contributed by atoms with E-state index in [0.29, 0.717) is 19.1 Å².